The Hall–Kier alpha value is -2.27. The number of fused-ring (bicyclic) bond motifs is 1. The Morgan fingerprint density at radius 1 is 1.35 bits per heavy atom. The van der Waals surface area contributed by atoms with E-state index in [1.165, 1.54) is 0 Å². The lowest BCUT2D eigenvalue weighted by molar-refractivity contribution is 0.392. The van der Waals surface area contributed by atoms with E-state index in [4.69, 9.17) is 13.7 Å². The second-order valence-electron chi connectivity index (χ2n) is 4.62. The molecule has 0 saturated heterocycles. The third-order valence-electron chi connectivity index (χ3n) is 3.25. The lowest BCUT2D eigenvalue weighted by Gasteiger charge is -2.09. The number of methoxy groups -OCH3 is 1. The molecule has 1 N–H and O–H groups in total. The quantitative estimate of drug-likeness (QED) is 0.772. The minimum Gasteiger partial charge on any atom is -0.493 e. The van der Waals surface area contributed by atoms with E-state index in [0.29, 0.717) is 6.54 Å². The summed E-state index contributed by atoms with van der Waals surface area (Å²) in [4.78, 5) is 0. The summed E-state index contributed by atoms with van der Waals surface area (Å²) >= 11 is 0. The van der Waals surface area contributed by atoms with Gasteiger partial charge in [-0.1, -0.05) is 17.3 Å². The fourth-order valence-electron chi connectivity index (χ4n) is 2.12. The topological polar surface area (TPSA) is 60.4 Å². The van der Waals surface area contributed by atoms with Gasteiger partial charge in [0.25, 0.3) is 0 Å². The molecular weight excluding hydrogens is 256 g/mol. The van der Waals surface area contributed by atoms with Gasteiger partial charge >= 0.3 is 0 Å². The third kappa shape index (κ3) is 2.40. The molecule has 0 fully saturated rings. The van der Waals surface area contributed by atoms with Crippen molar-refractivity contribution in [2.45, 2.75) is 19.5 Å². The van der Waals surface area contributed by atoms with Crippen molar-refractivity contribution < 1.29 is 13.7 Å². The summed E-state index contributed by atoms with van der Waals surface area (Å²) in [5.41, 5.74) is 1.64. The highest BCUT2D eigenvalue weighted by Gasteiger charge is 2.14. The molecule has 5 heteroatoms. The van der Waals surface area contributed by atoms with Gasteiger partial charge in [0.05, 0.1) is 18.8 Å². The average molecular weight is 272 g/mol. The van der Waals surface area contributed by atoms with Crippen LogP contribution in [0.1, 0.15) is 24.4 Å². The molecule has 0 saturated carbocycles. The van der Waals surface area contributed by atoms with Crippen molar-refractivity contribution in [3.05, 3.63) is 48.0 Å². The Morgan fingerprint density at radius 2 is 2.25 bits per heavy atom. The van der Waals surface area contributed by atoms with E-state index >= 15 is 0 Å². The molecule has 3 rings (SSSR count). The zero-order valence-electron chi connectivity index (χ0n) is 11.4. The largest absolute Gasteiger partial charge is 0.493 e. The standard InChI is InChI=1S/C15H16N2O3/c1-10(16-9-12-6-7-19-17-12)14-8-11-4-3-5-13(18-2)15(11)20-14/h3-8,10,16H,9H2,1-2H3. The predicted molar refractivity (Wildman–Crippen MR) is 74.5 cm³/mol. The third-order valence-corrected chi connectivity index (χ3v) is 3.25. The lowest BCUT2D eigenvalue weighted by Crippen LogP contribution is -2.17. The van der Waals surface area contributed by atoms with Gasteiger partial charge in [0, 0.05) is 18.0 Å². The monoisotopic (exact) mass is 272 g/mol. The van der Waals surface area contributed by atoms with Gasteiger partial charge in [-0.15, -0.1) is 0 Å². The smallest absolute Gasteiger partial charge is 0.176 e. The first-order valence-corrected chi connectivity index (χ1v) is 6.47. The number of nitrogens with zero attached hydrogens (tertiary/aromatic N) is 1. The summed E-state index contributed by atoms with van der Waals surface area (Å²) in [6.07, 6.45) is 1.56. The summed E-state index contributed by atoms with van der Waals surface area (Å²) in [7, 11) is 1.64. The molecular formula is C15H16N2O3. The molecule has 3 aromatic rings. The van der Waals surface area contributed by atoms with Gasteiger partial charge in [-0.25, -0.2) is 0 Å². The Kier molecular flexibility index (Phi) is 3.43. The fourth-order valence-corrected chi connectivity index (χ4v) is 2.12. The normalized spacial score (nSPS) is 12.7. The first-order chi connectivity index (χ1) is 9.78. The number of nitrogens with one attached hydrogen (secondary N) is 1. The molecule has 5 nitrogen and oxygen atoms in total. The Morgan fingerprint density at radius 3 is 3.00 bits per heavy atom. The van der Waals surface area contributed by atoms with Crippen LogP contribution in [-0.2, 0) is 6.54 Å². The van der Waals surface area contributed by atoms with Gasteiger partial charge in [-0.3, -0.25) is 0 Å². The molecule has 0 amide bonds. The average Bonchev–Trinajstić information content (AvgIpc) is 3.12. The SMILES string of the molecule is COc1cccc2cc(C(C)NCc3ccon3)oc12. The summed E-state index contributed by atoms with van der Waals surface area (Å²) in [6.45, 7) is 2.68. The molecule has 0 spiro atoms. The number of hydrogen-bond donors (Lipinski definition) is 1. The lowest BCUT2D eigenvalue weighted by atomic mass is 10.2. The van der Waals surface area contributed by atoms with Gasteiger partial charge in [0.2, 0.25) is 0 Å². The molecule has 1 aromatic carbocycles. The zero-order chi connectivity index (χ0) is 13.9. The van der Waals surface area contributed by atoms with E-state index < -0.39 is 0 Å². The van der Waals surface area contributed by atoms with Crippen LogP contribution < -0.4 is 10.1 Å². The Bertz CT molecular complexity index is 688. The van der Waals surface area contributed by atoms with Crippen LogP contribution in [0.4, 0.5) is 0 Å². The molecule has 0 aliphatic carbocycles. The molecule has 0 aliphatic rings. The van der Waals surface area contributed by atoms with Crippen molar-refractivity contribution >= 4 is 11.0 Å². The molecule has 0 radical (unpaired) electrons. The maximum atomic E-state index is 5.89. The van der Waals surface area contributed by atoms with Gasteiger partial charge < -0.3 is 19.0 Å². The molecule has 104 valence electrons. The van der Waals surface area contributed by atoms with Gasteiger partial charge in [0.15, 0.2) is 11.3 Å². The van der Waals surface area contributed by atoms with Crippen LogP contribution in [0.25, 0.3) is 11.0 Å². The molecule has 1 atom stereocenters. The van der Waals surface area contributed by atoms with Crippen molar-refractivity contribution in [3.8, 4) is 5.75 Å². The van der Waals surface area contributed by atoms with E-state index in [9.17, 15) is 0 Å². The van der Waals surface area contributed by atoms with Gasteiger partial charge in [0.1, 0.15) is 12.0 Å². The highest BCUT2D eigenvalue weighted by atomic mass is 16.5. The van der Waals surface area contributed by atoms with Crippen LogP contribution in [-0.4, -0.2) is 12.3 Å². The first-order valence-electron chi connectivity index (χ1n) is 6.47. The number of aromatic nitrogens is 1. The van der Waals surface area contributed by atoms with Crippen LogP contribution in [0.15, 0.2) is 45.5 Å². The first kappa shape index (κ1) is 12.7. The maximum Gasteiger partial charge on any atom is 0.176 e. The van der Waals surface area contributed by atoms with Crippen molar-refractivity contribution in [1.29, 1.82) is 0 Å². The Labute approximate surface area is 116 Å². The highest BCUT2D eigenvalue weighted by Crippen LogP contribution is 2.30. The second-order valence-corrected chi connectivity index (χ2v) is 4.62. The van der Waals surface area contributed by atoms with Crippen LogP contribution >= 0.6 is 0 Å². The van der Waals surface area contributed by atoms with Crippen LogP contribution in [0.2, 0.25) is 0 Å². The van der Waals surface area contributed by atoms with E-state index in [1.54, 1.807) is 13.4 Å². The Balaban J connectivity index is 1.79. The molecule has 2 aromatic heterocycles. The number of para-hydroxylation sites is 1. The number of ether oxygens (including phenoxy) is 1. The van der Waals surface area contributed by atoms with Crippen LogP contribution in [0.5, 0.6) is 5.75 Å². The van der Waals surface area contributed by atoms with Crippen LogP contribution in [0, 0.1) is 0 Å². The van der Waals surface area contributed by atoms with E-state index in [2.05, 4.69) is 10.5 Å². The number of rotatable bonds is 5. The fraction of sp³-hybridized carbons (Fsp3) is 0.267. The summed E-state index contributed by atoms with van der Waals surface area (Å²) < 4.78 is 16.0. The molecule has 20 heavy (non-hydrogen) atoms. The van der Waals surface area contributed by atoms with Crippen molar-refractivity contribution in [2.75, 3.05) is 7.11 Å². The number of furan rings is 1. The predicted octanol–water partition coefficient (Wildman–Crippen LogP) is 3.28. The summed E-state index contributed by atoms with van der Waals surface area (Å²) in [5.74, 6) is 1.62. The van der Waals surface area contributed by atoms with Crippen molar-refractivity contribution in [2.24, 2.45) is 0 Å². The number of hydrogen-bond acceptors (Lipinski definition) is 5. The zero-order valence-corrected chi connectivity index (χ0v) is 11.4. The van der Waals surface area contributed by atoms with Crippen molar-refractivity contribution in [1.82, 2.24) is 10.5 Å². The molecule has 0 aliphatic heterocycles. The number of benzene rings is 1. The highest BCUT2D eigenvalue weighted by molar-refractivity contribution is 5.83. The summed E-state index contributed by atoms with van der Waals surface area (Å²) in [5, 5.41) is 8.24. The van der Waals surface area contributed by atoms with E-state index in [0.717, 1.165) is 28.2 Å². The van der Waals surface area contributed by atoms with Gasteiger partial charge in [-0.2, -0.15) is 0 Å². The minimum absolute atomic E-state index is 0.0730. The van der Waals surface area contributed by atoms with Gasteiger partial charge in [-0.05, 0) is 19.1 Å². The minimum atomic E-state index is 0.0730. The summed E-state index contributed by atoms with van der Waals surface area (Å²) in [6, 6.07) is 9.79. The maximum absolute atomic E-state index is 5.89. The molecule has 2 heterocycles. The van der Waals surface area contributed by atoms with E-state index in [1.807, 2.05) is 37.3 Å². The second kappa shape index (κ2) is 5.38. The van der Waals surface area contributed by atoms with Crippen LogP contribution in [0.3, 0.4) is 0 Å². The molecule has 0 bridgehead atoms. The molecule has 1 unspecified atom stereocenters. The van der Waals surface area contributed by atoms with Crippen molar-refractivity contribution in [3.63, 3.8) is 0 Å². The van der Waals surface area contributed by atoms with E-state index in [-0.39, 0.29) is 6.04 Å².